The minimum Gasteiger partial charge on any atom is -0.406 e. The normalized spacial score (nSPS) is 20.3. The molecule has 2 atom stereocenters. The van der Waals surface area contributed by atoms with Crippen LogP contribution in [0.3, 0.4) is 0 Å². The molecule has 0 aliphatic carbocycles. The number of nitrogens with zero attached hydrogens (tertiary/aromatic N) is 2. The van der Waals surface area contributed by atoms with Crippen molar-refractivity contribution in [2.24, 2.45) is 5.92 Å². The highest BCUT2D eigenvalue weighted by atomic mass is 19.4. The summed E-state index contributed by atoms with van der Waals surface area (Å²) in [5.74, 6) is 0.00349. The zero-order valence-corrected chi connectivity index (χ0v) is 17.0. The summed E-state index contributed by atoms with van der Waals surface area (Å²) in [6.07, 6.45) is -3.49. The van der Waals surface area contributed by atoms with Crippen molar-refractivity contribution < 1.29 is 27.4 Å². The zero-order chi connectivity index (χ0) is 22.2. The highest BCUT2D eigenvalue weighted by Gasteiger charge is 2.36. The number of benzene rings is 1. The number of amides is 1. The number of hydrogen-bond donors (Lipinski definition) is 0. The van der Waals surface area contributed by atoms with Gasteiger partial charge < -0.3 is 18.9 Å². The third kappa shape index (κ3) is 4.61. The van der Waals surface area contributed by atoms with Crippen LogP contribution >= 0.6 is 0 Å². The Labute approximate surface area is 177 Å². The van der Waals surface area contributed by atoms with E-state index in [0.29, 0.717) is 43.8 Å². The van der Waals surface area contributed by atoms with Gasteiger partial charge >= 0.3 is 6.36 Å². The Kier molecular flexibility index (Phi) is 5.79. The van der Waals surface area contributed by atoms with Crippen LogP contribution < -0.4 is 10.3 Å². The highest BCUT2D eigenvalue weighted by Crippen LogP contribution is 2.36. The molecule has 166 valence electrons. The van der Waals surface area contributed by atoms with Gasteiger partial charge in [-0.15, -0.1) is 13.2 Å². The fourth-order valence-corrected chi connectivity index (χ4v) is 4.55. The molecule has 1 aromatic carbocycles. The molecule has 0 radical (unpaired) electrons. The van der Waals surface area contributed by atoms with Gasteiger partial charge in [0.2, 0.25) is 5.91 Å². The molecular formula is C22H23F3N2O4. The predicted octanol–water partition coefficient (Wildman–Crippen LogP) is 3.40. The van der Waals surface area contributed by atoms with Gasteiger partial charge in [-0.1, -0.05) is 12.1 Å². The standard InChI is InChI=1S/C22H23F3N2O4/c1-30-9-8-20(28)26-11-14-10-16(13-26)19-7-6-18(21(29)27(19)12-14)15-2-4-17(5-3-15)31-22(23,24)25/h2-7,14,16H,8-13H2,1H3/t14-,16+/m0/s1. The minimum absolute atomic E-state index is 0.0603. The Morgan fingerprint density at radius 3 is 2.52 bits per heavy atom. The summed E-state index contributed by atoms with van der Waals surface area (Å²) in [5, 5.41) is 0. The SMILES string of the molecule is COCCC(=O)N1C[C@@H]2C[C@H](C1)c1ccc(-c3ccc(OC(F)(F)F)cc3)c(=O)n1C2. The molecular weight excluding hydrogens is 413 g/mol. The van der Waals surface area contributed by atoms with Crippen LogP contribution in [-0.4, -0.2) is 48.5 Å². The number of piperidine rings is 1. The predicted molar refractivity (Wildman–Crippen MR) is 107 cm³/mol. The Morgan fingerprint density at radius 2 is 1.84 bits per heavy atom. The van der Waals surface area contributed by atoms with Gasteiger partial charge in [0, 0.05) is 43.9 Å². The monoisotopic (exact) mass is 436 g/mol. The van der Waals surface area contributed by atoms with Gasteiger partial charge in [-0.2, -0.15) is 0 Å². The van der Waals surface area contributed by atoms with Crippen LogP contribution in [0.15, 0.2) is 41.2 Å². The molecule has 1 saturated heterocycles. The first-order chi connectivity index (χ1) is 14.7. The fourth-order valence-electron chi connectivity index (χ4n) is 4.55. The largest absolute Gasteiger partial charge is 0.573 e. The minimum atomic E-state index is -4.76. The Balaban J connectivity index is 1.57. The number of fused-ring (bicyclic) bond motifs is 4. The van der Waals surface area contributed by atoms with Crippen molar-refractivity contribution in [3.8, 4) is 16.9 Å². The van der Waals surface area contributed by atoms with Crippen molar-refractivity contribution in [3.63, 3.8) is 0 Å². The van der Waals surface area contributed by atoms with Crippen molar-refractivity contribution in [1.29, 1.82) is 0 Å². The van der Waals surface area contributed by atoms with Crippen molar-refractivity contribution in [3.05, 3.63) is 52.4 Å². The fraction of sp³-hybridized carbons (Fsp3) is 0.455. The number of pyridine rings is 1. The first kappa shape index (κ1) is 21.4. The van der Waals surface area contributed by atoms with Gasteiger partial charge in [0.25, 0.3) is 5.56 Å². The molecule has 4 rings (SSSR count). The van der Waals surface area contributed by atoms with Crippen LogP contribution in [0.25, 0.3) is 11.1 Å². The third-order valence-corrected chi connectivity index (χ3v) is 5.88. The number of likely N-dealkylation sites (tertiary alicyclic amines) is 1. The van der Waals surface area contributed by atoms with E-state index in [-0.39, 0.29) is 29.1 Å². The molecule has 6 nitrogen and oxygen atoms in total. The quantitative estimate of drug-likeness (QED) is 0.721. The summed E-state index contributed by atoms with van der Waals surface area (Å²) in [5.41, 5.74) is 1.68. The van der Waals surface area contributed by atoms with E-state index >= 15 is 0 Å². The van der Waals surface area contributed by atoms with Crippen molar-refractivity contribution in [1.82, 2.24) is 9.47 Å². The van der Waals surface area contributed by atoms with E-state index in [0.717, 1.165) is 12.1 Å². The van der Waals surface area contributed by atoms with Gasteiger partial charge in [0.15, 0.2) is 0 Å². The summed E-state index contributed by atoms with van der Waals surface area (Å²) in [6, 6.07) is 8.89. The summed E-state index contributed by atoms with van der Waals surface area (Å²) >= 11 is 0. The molecule has 2 aliphatic rings. The second kappa shape index (κ2) is 8.37. The van der Waals surface area contributed by atoms with Gasteiger partial charge in [0.1, 0.15) is 5.75 Å². The van der Waals surface area contributed by atoms with E-state index in [2.05, 4.69) is 4.74 Å². The van der Waals surface area contributed by atoms with E-state index in [1.165, 1.54) is 24.3 Å². The zero-order valence-electron chi connectivity index (χ0n) is 17.0. The average molecular weight is 436 g/mol. The Morgan fingerprint density at radius 1 is 1.10 bits per heavy atom. The molecule has 2 bridgehead atoms. The molecule has 9 heteroatoms. The molecule has 3 heterocycles. The number of rotatable bonds is 5. The van der Waals surface area contributed by atoms with Crippen molar-refractivity contribution in [2.45, 2.75) is 31.7 Å². The number of ether oxygens (including phenoxy) is 2. The van der Waals surface area contributed by atoms with Crippen LogP contribution in [0.4, 0.5) is 13.2 Å². The number of carbonyl (C=O) groups is 1. The molecule has 0 unspecified atom stereocenters. The molecule has 1 fully saturated rings. The molecule has 2 aliphatic heterocycles. The van der Waals surface area contributed by atoms with Crippen LogP contribution in [0.2, 0.25) is 0 Å². The van der Waals surface area contributed by atoms with E-state index in [9.17, 15) is 22.8 Å². The average Bonchev–Trinajstić information content (AvgIpc) is 2.72. The first-order valence-electron chi connectivity index (χ1n) is 10.1. The number of aromatic nitrogens is 1. The topological polar surface area (TPSA) is 60.8 Å². The van der Waals surface area contributed by atoms with Crippen molar-refractivity contribution in [2.75, 3.05) is 26.8 Å². The third-order valence-electron chi connectivity index (χ3n) is 5.88. The summed E-state index contributed by atoms with van der Waals surface area (Å²) in [6.45, 7) is 2.08. The lowest BCUT2D eigenvalue weighted by Gasteiger charge is -2.43. The van der Waals surface area contributed by atoms with E-state index in [1.54, 1.807) is 17.7 Å². The summed E-state index contributed by atoms with van der Waals surface area (Å²) in [7, 11) is 1.56. The lowest BCUT2D eigenvalue weighted by Crippen LogP contribution is -2.49. The molecule has 0 spiro atoms. The van der Waals surface area contributed by atoms with Gasteiger partial charge in [-0.3, -0.25) is 9.59 Å². The second-order valence-electron chi connectivity index (χ2n) is 8.00. The Bertz CT molecular complexity index is 1020. The van der Waals surface area contributed by atoms with Gasteiger partial charge in [-0.25, -0.2) is 0 Å². The highest BCUT2D eigenvalue weighted by molar-refractivity contribution is 5.76. The molecule has 0 N–H and O–H groups in total. The maximum atomic E-state index is 13.2. The lowest BCUT2D eigenvalue weighted by molar-refractivity contribution is -0.274. The smallest absolute Gasteiger partial charge is 0.406 e. The van der Waals surface area contributed by atoms with E-state index in [1.807, 2.05) is 11.0 Å². The number of halogens is 3. The Hall–Kier alpha value is -2.81. The summed E-state index contributed by atoms with van der Waals surface area (Å²) in [4.78, 5) is 27.4. The van der Waals surface area contributed by atoms with Crippen LogP contribution in [0.1, 0.15) is 24.5 Å². The maximum Gasteiger partial charge on any atom is 0.573 e. The molecule has 0 saturated carbocycles. The molecule has 2 aromatic rings. The lowest BCUT2D eigenvalue weighted by atomic mass is 9.82. The maximum absolute atomic E-state index is 13.2. The van der Waals surface area contributed by atoms with E-state index in [4.69, 9.17) is 4.74 Å². The molecule has 1 aromatic heterocycles. The first-order valence-corrected chi connectivity index (χ1v) is 10.1. The number of hydrogen-bond acceptors (Lipinski definition) is 4. The van der Waals surface area contributed by atoms with Crippen LogP contribution in [0.5, 0.6) is 5.75 Å². The molecule has 31 heavy (non-hydrogen) atoms. The van der Waals surface area contributed by atoms with Crippen molar-refractivity contribution >= 4 is 5.91 Å². The number of carbonyl (C=O) groups excluding carboxylic acids is 1. The van der Waals surface area contributed by atoms with E-state index < -0.39 is 6.36 Å². The van der Waals surface area contributed by atoms with Gasteiger partial charge in [-0.05, 0) is 42.2 Å². The van der Waals surface area contributed by atoms with Crippen LogP contribution in [0, 0.1) is 5.92 Å². The van der Waals surface area contributed by atoms with Gasteiger partial charge in [0.05, 0.1) is 13.0 Å². The number of alkyl halides is 3. The number of methoxy groups -OCH3 is 1. The second-order valence-corrected chi connectivity index (χ2v) is 8.00. The molecule has 1 amide bonds. The van der Waals surface area contributed by atoms with Crippen LogP contribution in [-0.2, 0) is 16.1 Å². The summed E-state index contributed by atoms with van der Waals surface area (Å²) < 4.78 is 47.7.